The predicted molar refractivity (Wildman–Crippen MR) is 118 cm³/mol. The van der Waals surface area contributed by atoms with E-state index in [1.807, 2.05) is 49.4 Å². The zero-order chi connectivity index (χ0) is 21.0. The third kappa shape index (κ3) is 7.20. The molecule has 3 rings (SSSR count). The van der Waals surface area contributed by atoms with Crippen molar-refractivity contribution in [1.82, 2.24) is 15.6 Å². The molecule has 2 aromatic carbocycles. The molecule has 3 aromatic rings. The van der Waals surface area contributed by atoms with Gasteiger partial charge in [0.2, 0.25) is 0 Å². The van der Waals surface area contributed by atoms with Crippen LogP contribution in [-0.2, 0) is 19.6 Å². The van der Waals surface area contributed by atoms with Gasteiger partial charge in [-0.05, 0) is 60.9 Å². The van der Waals surface area contributed by atoms with Crippen LogP contribution in [0.3, 0.4) is 0 Å². The normalized spacial score (nSPS) is 11.2. The van der Waals surface area contributed by atoms with Gasteiger partial charge >= 0.3 is 0 Å². The Morgan fingerprint density at radius 1 is 1.00 bits per heavy atom. The van der Waals surface area contributed by atoms with E-state index in [9.17, 15) is 4.39 Å². The van der Waals surface area contributed by atoms with Gasteiger partial charge in [-0.2, -0.15) is 0 Å². The average Bonchev–Trinajstić information content (AvgIpc) is 2.78. The maximum atomic E-state index is 13.0. The zero-order valence-electron chi connectivity index (χ0n) is 17.1. The first-order chi connectivity index (χ1) is 14.7. The summed E-state index contributed by atoms with van der Waals surface area (Å²) < 4.78 is 18.8. The number of nitrogens with one attached hydrogen (secondary N) is 2. The van der Waals surface area contributed by atoms with Gasteiger partial charge in [0.15, 0.2) is 5.96 Å². The summed E-state index contributed by atoms with van der Waals surface area (Å²) in [5, 5.41) is 6.57. The fraction of sp³-hybridized carbons (Fsp3) is 0.250. The number of halogens is 1. The van der Waals surface area contributed by atoms with Crippen LogP contribution in [0, 0.1) is 5.82 Å². The van der Waals surface area contributed by atoms with E-state index in [-0.39, 0.29) is 5.82 Å². The van der Waals surface area contributed by atoms with Gasteiger partial charge in [0.1, 0.15) is 18.2 Å². The molecule has 0 amide bonds. The van der Waals surface area contributed by atoms with Gasteiger partial charge in [-0.25, -0.2) is 9.38 Å². The topological polar surface area (TPSA) is 58.5 Å². The summed E-state index contributed by atoms with van der Waals surface area (Å²) in [7, 11) is 0. The molecule has 0 aliphatic rings. The molecule has 0 saturated heterocycles. The van der Waals surface area contributed by atoms with Crippen molar-refractivity contribution in [2.45, 2.75) is 26.5 Å². The van der Waals surface area contributed by atoms with Crippen molar-refractivity contribution in [3.05, 3.63) is 95.6 Å². The van der Waals surface area contributed by atoms with E-state index in [2.05, 4.69) is 20.6 Å². The predicted octanol–water partition coefficient (Wildman–Crippen LogP) is 4.10. The highest BCUT2D eigenvalue weighted by atomic mass is 19.1. The van der Waals surface area contributed by atoms with Gasteiger partial charge in [-0.15, -0.1) is 0 Å². The molecule has 0 unspecified atom stereocenters. The second-order valence-corrected chi connectivity index (χ2v) is 6.76. The fourth-order valence-corrected chi connectivity index (χ4v) is 2.86. The van der Waals surface area contributed by atoms with Gasteiger partial charge in [-0.3, -0.25) is 4.98 Å². The lowest BCUT2D eigenvalue weighted by atomic mass is 10.1. The van der Waals surface area contributed by atoms with Crippen LogP contribution in [0.5, 0.6) is 5.75 Å². The second-order valence-electron chi connectivity index (χ2n) is 6.76. The number of ether oxygens (including phenoxy) is 1. The van der Waals surface area contributed by atoms with Crippen LogP contribution in [0.2, 0.25) is 0 Å². The number of hydrogen-bond acceptors (Lipinski definition) is 3. The summed E-state index contributed by atoms with van der Waals surface area (Å²) in [4.78, 5) is 8.92. The number of aliphatic imine (C=N–C) groups is 1. The molecule has 5 nitrogen and oxygen atoms in total. The van der Waals surface area contributed by atoms with Gasteiger partial charge in [0.25, 0.3) is 0 Å². The van der Waals surface area contributed by atoms with Gasteiger partial charge < -0.3 is 15.4 Å². The maximum Gasteiger partial charge on any atom is 0.191 e. The Hall–Kier alpha value is -3.41. The van der Waals surface area contributed by atoms with Gasteiger partial charge in [0.05, 0.1) is 12.2 Å². The molecule has 0 saturated carbocycles. The Morgan fingerprint density at radius 3 is 2.63 bits per heavy atom. The van der Waals surface area contributed by atoms with E-state index in [1.54, 1.807) is 18.3 Å². The quantitative estimate of drug-likeness (QED) is 0.415. The zero-order valence-corrected chi connectivity index (χ0v) is 17.1. The van der Waals surface area contributed by atoms with E-state index in [1.165, 1.54) is 12.1 Å². The van der Waals surface area contributed by atoms with Crippen LogP contribution in [0.1, 0.15) is 23.7 Å². The number of benzene rings is 2. The summed E-state index contributed by atoms with van der Waals surface area (Å²) in [5.41, 5.74) is 3.03. The molecule has 6 heteroatoms. The molecule has 156 valence electrons. The summed E-state index contributed by atoms with van der Waals surface area (Å²) in [5.74, 6) is 1.33. The van der Waals surface area contributed by atoms with Crippen LogP contribution in [0.4, 0.5) is 4.39 Å². The van der Waals surface area contributed by atoms with Crippen LogP contribution in [-0.4, -0.2) is 24.0 Å². The first kappa shape index (κ1) is 21.3. The standard InChI is InChI=1S/C24H27FN4O/c1-2-26-24(28-15-13-19-9-11-21(25)12-10-19)29-17-20-6-5-8-23(16-20)30-18-22-7-3-4-14-27-22/h3-12,14,16H,2,13,15,17-18H2,1H3,(H2,26,28,29). The number of rotatable bonds is 9. The molecule has 30 heavy (non-hydrogen) atoms. The minimum atomic E-state index is -0.215. The molecule has 1 aromatic heterocycles. The number of guanidine groups is 1. The highest BCUT2D eigenvalue weighted by molar-refractivity contribution is 5.79. The van der Waals surface area contributed by atoms with Crippen molar-refractivity contribution in [2.24, 2.45) is 4.99 Å². The highest BCUT2D eigenvalue weighted by Gasteiger charge is 2.01. The number of nitrogens with zero attached hydrogens (tertiary/aromatic N) is 2. The van der Waals surface area contributed by atoms with Crippen molar-refractivity contribution < 1.29 is 9.13 Å². The van der Waals surface area contributed by atoms with Crippen molar-refractivity contribution >= 4 is 5.96 Å². The minimum Gasteiger partial charge on any atom is -0.487 e. The van der Waals surface area contributed by atoms with Crippen molar-refractivity contribution in [3.8, 4) is 5.75 Å². The molecule has 1 heterocycles. The van der Waals surface area contributed by atoms with Gasteiger partial charge in [-0.1, -0.05) is 30.3 Å². The average molecular weight is 407 g/mol. The Bertz CT molecular complexity index is 929. The van der Waals surface area contributed by atoms with Crippen molar-refractivity contribution in [1.29, 1.82) is 0 Å². The van der Waals surface area contributed by atoms with Crippen molar-refractivity contribution in [2.75, 3.05) is 13.1 Å². The third-order valence-electron chi connectivity index (χ3n) is 4.39. The Balaban J connectivity index is 1.52. The monoisotopic (exact) mass is 406 g/mol. The Morgan fingerprint density at radius 2 is 1.87 bits per heavy atom. The fourth-order valence-electron chi connectivity index (χ4n) is 2.86. The molecular weight excluding hydrogens is 379 g/mol. The Kier molecular flexibility index (Phi) is 8.21. The number of aromatic nitrogens is 1. The van der Waals surface area contributed by atoms with E-state index in [0.29, 0.717) is 19.7 Å². The lowest BCUT2D eigenvalue weighted by Crippen LogP contribution is -2.38. The molecule has 0 spiro atoms. The first-order valence-electron chi connectivity index (χ1n) is 10.1. The summed E-state index contributed by atoms with van der Waals surface area (Å²) in [6.45, 7) is 4.48. The van der Waals surface area contributed by atoms with Crippen LogP contribution in [0.15, 0.2) is 77.9 Å². The smallest absolute Gasteiger partial charge is 0.191 e. The molecule has 0 radical (unpaired) electrons. The highest BCUT2D eigenvalue weighted by Crippen LogP contribution is 2.15. The SMILES string of the molecule is CCNC(=NCc1cccc(OCc2ccccn2)c1)NCCc1ccc(F)cc1. The molecule has 0 aliphatic heterocycles. The molecular formula is C24H27FN4O. The number of hydrogen-bond donors (Lipinski definition) is 2. The van der Waals surface area contributed by atoms with Crippen LogP contribution in [0.25, 0.3) is 0 Å². The molecule has 0 atom stereocenters. The molecule has 0 bridgehead atoms. The third-order valence-corrected chi connectivity index (χ3v) is 4.39. The summed E-state index contributed by atoms with van der Waals surface area (Å²) in [6.07, 6.45) is 2.55. The summed E-state index contributed by atoms with van der Waals surface area (Å²) >= 11 is 0. The lowest BCUT2D eigenvalue weighted by molar-refractivity contribution is 0.301. The molecule has 2 N–H and O–H groups in total. The molecule has 0 aliphatic carbocycles. The summed E-state index contributed by atoms with van der Waals surface area (Å²) in [6, 6.07) is 20.3. The van der Waals surface area contributed by atoms with Crippen LogP contribution < -0.4 is 15.4 Å². The molecule has 0 fully saturated rings. The Labute approximate surface area is 177 Å². The first-order valence-corrected chi connectivity index (χ1v) is 10.1. The van der Waals surface area contributed by atoms with Crippen LogP contribution >= 0.6 is 0 Å². The van der Waals surface area contributed by atoms with E-state index < -0.39 is 0 Å². The lowest BCUT2D eigenvalue weighted by Gasteiger charge is -2.12. The minimum absolute atomic E-state index is 0.215. The number of pyridine rings is 1. The van der Waals surface area contributed by atoms with Gasteiger partial charge in [0, 0.05) is 19.3 Å². The van der Waals surface area contributed by atoms with E-state index >= 15 is 0 Å². The van der Waals surface area contributed by atoms with E-state index in [4.69, 9.17) is 4.74 Å². The van der Waals surface area contributed by atoms with E-state index in [0.717, 1.165) is 41.5 Å². The second kappa shape index (κ2) is 11.6. The maximum absolute atomic E-state index is 13.0. The largest absolute Gasteiger partial charge is 0.487 e. The van der Waals surface area contributed by atoms with Crippen molar-refractivity contribution in [3.63, 3.8) is 0 Å².